The summed E-state index contributed by atoms with van der Waals surface area (Å²) in [5.41, 5.74) is 7.97. The Morgan fingerprint density at radius 1 is 1.44 bits per heavy atom. The summed E-state index contributed by atoms with van der Waals surface area (Å²) in [6, 6.07) is 3.23. The van der Waals surface area contributed by atoms with Crippen molar-refractivity contribution in [2.45, 2.75) is 26.4 Å². The molecule has 0 saturated carbocycles. The minimum Gasteiger partial charge on any atom is -0.397 e. The van der Waals surface area contributed by atoms with Crippen molar-refractivity contribution in [3.8, 4) is 0 Å². The summed E-state index contributed by atoms with van der Waals surface area (Å²) < 4.78 is 18.9. The number of anilines is 2. The first kappa shape index (κ1) is 13.1. The molecule has 0 amide bonds. The Morgan fingerprint density at radius 3 is 2.83 bits per heavy atom. The molecule has 100 valence electrons. The third-order valence-electron chi connectivity index (χ3n) is 3.84. The van der Waals surface area contributed by atoms with Crippen molar-refractivity contribution < 1.29 is 9.13 Å². The third-order valence-corrected chi connectivity index (χ3v) is 3.84. The molecule has 1 aliphatic rings. The SMILES string of the molecule is COC1CN(c2cc(C)c(F)cc2N)CCC1C. The van der Waals surface area contributed by atoms with Crippen LogP contribution in [-0.4, -0.2) is 26.3 Å². The third kappa shape index (κ3) is 2.43. The Bertz CT molecular complexity index is 436. The first-order valence-electron chi connectivity index (χ1n) is 6.36. The van der Waals surface area contributed by atoms with Crippen LogP contribution >= 0.6 is 0 Å². The normalized spacial score (nSPS) is 24.3. The number of hydrogen-bond acceptors (Lipinski definition) is 3. The number of halogens is 1. The lowest BCUT2D eigenvalue weighted by Crippen LogP contribution is -2.44. The molecule has 1 heterocycles. The van der Waals surface area contributed by atoms with E-state index in [1.807, 2.05) is 6.07 Å². The molecule has 0 aliphatic carbocycles. The van der Waals surface area contributed by atoms with E-state index in [1.165, 1.54) is 6.07 Å². The van der Waals surface area contributed by atoms with Crippen LogP contribution < -0.4 is 10.6 Å². The second-order valence-electron chi connectivity index (χ2n) is 5.15. The summed E-state index contributed by atoms with van der Waals surface area (Å²) in [5, 5.41) is 0. The summed E-state index contributed by atoms with van der Waals surface area (Å²) in [6.07, 6.45) is 1.28. The van der Waals surface area contributed by atoms with E-state index in [1.54, 1.807) is 14.0 Å². The van der Waals surface area contributed by atoms with E-state index in [0.29, 0.717) is 17.2 Å². The molecular weight excluding hydrogens is 231 g/mol. The predicted octanol–water partition coefficient (Wildman–Crippen LogP) is 2.58. The molecule has 1 fully saturated rings. The highest BCUT2D eigenvalue weighted by Crippen LogP contribution is 2.30. The molecular formula is C14H21FN2O. The largest absolute Gasteiger partial charge is 0.397 e. The van der Waals surface area contributed by atoms with Crippen LogP contribution in [0.1, 0.15) is 18.9 Å². The average Bonchev–Trinajstić information content (AvgIpc) is 2.35. The van der Waals surface area contributed by atoms with Gasteiger partial charge in [0.2, 0.25) is 0 Å². The van der Waals surface area contributed by atoms with E-state index in [9.17, 15) is 4.39 Å². The lowest BCUT2D eigenvalue weighted by atomic mass is 9.95. The lowest BCUT2D eigenvalue weighted by molar-refractivity contribution is 0.0499. The van der Waals surface area contributed by atoms with Crippen LogP contribution in [0.5, 0.6) is 0 Å². The topological polar surface area (TPSA) is 38.5 Å². The monoisotopic (exact) mass is 252 g/mol. The van der Waals surface area contributed by atoms with Crippen LogP contribution in [0, 0.1) is 18.7 Å². The molecule has 2 atom stereocenters. The maximum atomic E-state index is 13.4. The summed E-state index contributed by atoms with van der Waals surface area (Å²) in [7, 11) is 1.74. The molecule has 2 unspecified atom stereocenters. The number of rotatable bonds is 2. The van der Waals surface area contributed by atoms with Crippen molar-refractivity contribution >= 4 is 11.4 Å². The Labute approximate surface area is 108 Å². The molecule has 1 saturated heterocycles. The van der Waals surface area contributed by atoms with Gasteiger partial charge in [-0.3, -0.25) is 0 Å². The first-order valence-corrected chi connectivity index (χ1v) is 6.36. The molecule has 1 aliphatic heterocycles. The predicted molar refractivity (Wildman–Crippen MR) is 72.3 cm³/mol. The Balaban J connectivity index is 2.24. The van der Waals surface area contributed by atoms with Gasteiger partial charge in [0, 0.05) is 20.2 Å². The smallest absolute Gasteiger partial charge is 0.128 e. The standard InChI is InChI=1S/C14H21FN2O/c1-9-4-5-17(8-14(9)18-3)13-6-10(2)11(15)7-12(13)16/h6-7,9,14H,4-5,8,16H2,1-3H3. The number of ether oxygens (including phenoxy) is 1. The van der Waals surface area contributed by atoms with E-state index in [2.05, 4.69) is 11.8 Å². The zero-order valence-corrected chi connectivity index (χ0v) is 11.2. The molecule has 2 N–H and O–H groups in total. The van der Waals surface area contributed by atoms with Gasteiger partial charge in [-0.05, 0) is 37.0 Å². The van der Waals surface area contributed by atoms with Gasteiger partial charge in [0.25, 0.3) is 0 Å². The van der Waals surface area contributed by atoms with Crippen molar-refractivity contribution in [2.24, 2.45) is 5.92 Å². The van der Waals surface area contributed by atoms with Gasteiger partial charge in [-0.1, -0.05) is 6.92 Å². The maximum absolute atomic E-state index is 13.4. The molecule has 0 aromatic heterocycles. The van der Waals surface area contributed by atoms with E-state index >= 15 is 0 Å². The van der Waals surface area contributed by atoms with Crippen LogP contribution in [0.4, 0.5) is 15.8 Å². The fourth-order valence-electron chi connectivity index (χ4n) is 2.51. The summed E-state index contributed by atoms with van der Waals surface area (Å²) >= 11 is 0. The zero-order chi connectivity index (χ0) is 13.3. The van der Waals surface area contributed by atoms with Gasteiger partial charge in [-0.25, -0.2) is 4.39 Å². The van der Waals surface area contributed by atoms with E-state index in [0.717, 1.165) is 25.2 Å². The van der Waals surface area contributed by atoms with Crippen LogP contribution in [0.3, 0.4) is 0 Å². The molecule has 3 nitrogen and oxygen atoms in total. The van der Waals surface area contributed by atoms with Crippen molar-refractivity contribution in [3.63, 3.8) is 0 Å². The molecule has 0 bridgehead atoms. The fourth-order valence-corrected chi connectivity index (χ4v) is 2.51. The summed E-state index contributed by atoms with van der Waals surface area (Å²) in [5.74, 6) is 0.305. The van der Waals surface area contributed by atoms with Crippen molar-refractivity contribution in [3.05, 3.63) is 23.5 Å². The Morgan fingerprint density at radius 2 is 2.17 bits per heavy atom. The van der Waals surface area contributed by atoms with Gasteiger partial charge in [-0.15, -0.1) is 0 Å². The highest BCUT2D eigenvalue weighted by atomic mass is 19.1. The van der Waals surface area contributed by atoms with Gasteiger partial charge in [0.05, 0.1) is 17.5 Å². The average molecular weight is 252 g/mol. The number of nitrogens with two attached hydrogens (primary N) is 1. The molecule has 18 heavy (non-hydrogen) atoms. The van der Waals surface area contributed by atoms with Crippen LogP contribution in [0.25, 0.3) is 0 Å². The van der Waals surface area contributed by atoms with E-state index in [4.69, 9.17) is 10.5 Å². The van der Waals surface area contributed by atoms with Crippen molar-refractivity contribution in [2.75, 3.05) is 30.8 Å². The van der Waals surface area contributed by atoms with Crippen LogP contribution in [-0.2, 0) is 4.74 Å². The van der Waals surface area contributed by atoms with Gasteiger partial charge >= 0.3 is 0 Å². The number of aryl methyl sites for hydroxylation is 1. The molecule has 1 aromatic carbocycles. The van der Waals surface area contributed by atoms with Gasteiger partial charge in [-0.2, -0.15) is 0 Å². The summed E-state index contributed by atoms with van der Waals surface area (Å²) in [4.78, 5) is 2.19. The van der Waals surface area contributed by atoms with Gasteiger partial charge < -0.3 is 15.4 Å². The number of piperidine rings is 1. The number of benzene rings is 1. The van der Waals surface area contributed by atoms with Crippen LogP contribution in [0.2, 0.25) is 0 Å². The number of nitrogen functional groups attached to an aromatic ring is 1. The van der Waals surface area contributed by atoms with Crippen molar-refractivity contribution in [1.82, 2.24) is 0 Å². The van der Waals surface area contributed by atoms with E-state index in [-0.39, 0.29) is 11.9 Å². The number of hydrogen-bond donors (Lipinski definition) is 1. The van der Waals surface area contributed by atoms with Crippen LogP contribution in [0.15, 0.2) is 12.1 Å². The molecule has 0 radical (unpaired) electrons. The molecule has 4 heteroatoms. The fraction of sp³-hybridized carbons (Fsp3) is 0.571. The van der Waals surface area contributed by atoms with Gasteiger partial charge in [0.1, 0.15) is 5.82 Å². The summed E-state index contributed by atoms with van der Waals surface area (Å²) in [6.45, 7) is 5.71. The number of methoxy groups -OCH3 is 1. The first-order chi connectivity index (χ1) is 8.52. The maximum Gasteiger partial charge on any atom is 0.128 e. The van der Waals surface area contributed by atoms with Crippen molar-refractivity contribution in [1.29, 1.82) is 0 Å². The zero-order valence-electron chi connectivity index (χ0n) is 11.2. The minimum atomic E-state index is -0.245. The van der Waals surface area contributed by atoms with E-state index < -0.39 is 0 Å². The highest BCUT2D eigenvalue weighted by molar-refractivity contribution is 5.69. The number of nitrogens with zero attached hydrogens (tertiary/aromatic N) is 1. The second kappa shape index (κ2) is 5.14. The lowest BCUT2D eigenvalue weighted by Gasteiger charge is -2.38. The molecule has 2 rings (SSSR count). The Hall–Kier alpha value is -1.29. The quantitative estimate of drug-likeness (QED) is 0.822. The molecule has 0 spiro atoms. The minimum absolute atomic E-state index is 0.212. The van der Waals surface area contributed by atoms with Gasteiger partial charge in [0.15, 0.2) is 0 Å². The second-order valence-corrected chi connectivity index (χ2v) is 5.15. The highest BCUT2D eigenvalue weighted by Gasteiger charge is 2.27. The molecule has 1 aromatic rings. The Kier molecular flexibility index (Phi) is 3.76.